The van der Waals surface area contributed by atoms with Crippen LogP contribution in [0.15, 0.2) is 58.5 Å². The van der Waals surface area contributed by atoms with E-state index in [0.717, 1.165) is 17.5 Å². The maximum Gasteiger partial charge on any atom is 0.343 e. The van der Waals surface area contributed by atoms with E-state index in [2.05, 4.69) is 10.2 Å². The minimum Gasteiger partial charge on any atom is -0.270 e. The van der Waals surface area contributed by atoms with E-state index >= 15 is 0 Å². The highest BCUT2D eigenvalue weighted by Gasteiger charge is 2.11. The molecule has 1 N–H and O–H groups in total. The number of nitrogens with one attached hydrogen (secondary N) is 1. The molecule has 0 amide bonds. The standard InChI is InChI=1S/C17H15ClFN3OS/c18-15-10-14(19)7-6-13(15)11-24-17-21-20-16(23)22(17)9-8-12-4-2-1-3-5-12/h1-7,10H,8-9,11H2,(H,20,23). The van der Waals surface area contributed by atoms with Crippen LogP contribution in [0.5, 0.6) is 0 Å². The third-order valence-corrected chi connectivity index (χ3v) is 4.94. The predicted octanol–water partition coefficient (Wildman–Crippen LogP) is 3.90. The van der Waals surface area contributed by atoms with Gasteiger partial charge in [0.2, 0.25) is 0 Å². The minimum atomic E-state index is -0.367. The van der Waals surface area contributed by atoms with Crippen molar-refractivity contribution in [2.45, 2.75) is 23.9 Å². The molecule has 0 bridgehead atoms. The van der Waals surface area contributed by atoms with Crippen LogP contribution < -0.4 is 5.69 Å². The zero-order valence-electron chi connectivity index (χ0n) is 12.7. The summed E-state index contributed by atoms with van der Waals surface area (Å²) < 4.78 is 14.7. The fraction of sp³-hybridized carbons (Fsp3) is 0.176. The van der Waals surface area contributed by atoms with Gasteiger partial charge in [0, 0.05) is 17.3 Å². The Hall–Kier alpha value is -2.05. The molecule has 0 atom stereocenters. The molecule has 3 aromatic rings. The van der Waals surface area contributed by atoms with Crippen molar-refractivity contribution in [2.24, 2.45) is 0 Å². The third kappa shape index (κ3) is 4.07. The smallest absolute Gasteiger partial charge is 0.270 e. The monoisotopic (exact) mass is 363 g/mol. The van der Waals surface area contributed by atoms with E-state index in [1.807, 2.05) is 30.3 Å². The van der Waals surface area contributed by atoms with Gasteiger partial charge in [-0.05, 0) is 29.7 Å². The Labute approximate surface area is 147 Å². The Morgan fingerprint density at radius 1 is 1.21 bits per heavy atom. The van der Waals surface area contributed by atoms with E-state index in [4.69, 9.17) is 11.6 Å². The van der Waals surface area contributed by atoms with Gasteiger partial charge in [0.05, 0.1) is 0 Å². The van der Waals surface area contributed by atoms with Crippen molar-refractivity contribution in [3.05, 3.63) is 81.0 Å². The maximum atomic E-state index is 13.1. The number of halogens is 2. The van der Waals surface area contributed by atoms with Crippen LogP contribution in [0.3, 0.4) is 0 Å². The zero-order valence-corrected chi connectivity index (χ0v) is 14.3. The highest BCUT2D eigenvalue weighted by Crippen LogP contribution is 2.25. The highest BCUT2D eigenvalue weighted by molar-refractivity contribution is 7.98. The summed E-state index contributed by atoms with van der Waals surface area (Å²) in [5, 5.41) is 7.50. The lowest BCUT2D eigenvalue weighted by atomic mass is 10.1. The lowest BCUT2D eigenvalue weighted by Crippen LogP contribution is -2.18. The van der Waals surface area contributed by atoms with Gasteiger partial charge in [-0.2, -0.15) is 0 Å². The molecular weight excluding hydrogens is 349 g/mol. The molecule has 1 heterocycles. The fourth-order valence-electron chi connectivity index (χ4n) is 2.28. The quantitative estimate of drug-likeness (QED) is 0.676. The molecule has 0 fully saturated rings. The van der Waals surface area contributed by atoms with Crippen molar-refractivity contribution >= 4 is 23.4 Å². The van der Waals surface area contributed by atoms with Gasteiger partial charge in [-0.15, -0.1) is 5.10 Å². The number of hydrogen-bond acceptors (Lipinski definition) is 3. The van der Waals surface area contributed by atoms with Gasteiger partial charge in [-0.3, -0.25) is 4.57 Å². The SMILES string of the molecule is O=c1[nH]nc(SCc2ccc(F)cc2Cl)n1CCc1ccccc1. The zero-order chi connectivity index (χ0) is 16.9. The van der Waals surface area contributed by atoms with Crippen molar-refractivity contribution in [1.82, 2.24) is 14.8 Å². The first-order valence-electron chi connectivity index (χ1n) is 7.39. The van der Waals surface area contributed by atoms with Crippen molar-refractivity contribution in [2.75, 3.05) is 0 Å². The first-order valence-corrected chi connectivity index (χ1v) is 8.75. The molecule has 0 spiro atoms. The summed E-state index contributed by atoms with van der Waals surface area (Å²) in [5.74, 6) is 0.141. The Kier molecular flexibility index (Phi) is 5.37. The van der Waals surface area contributed by atoms with Gasteiger partial charge < -0.3 is 0 Å². The predicted molar refractivity (Wildman–Crippen MR) is 94.0 cm³/mol. The summed E-state index contributed by atoms with van der Waals surface area (Å²) in [6, 6.07) is 14.2. The Morgan fingerprint density at radius 3 is 2.75 bits per heavy atom. The number of nitrogens with zero attached hydrogens (tertiary/aromatic N) is 2. The van der Waals surface area contributed by atoms with Gasteiger partial charge in [0.25, 0.3) is 0 Å². The van der Waals surface area contributed by atoms with E-state index in [1.54, 1.807) is 10.6 Å². The van der Waals surface area contributed by atoms with Crippen LogP contribution in [0.2, 0.25) is 5.02 Å². The molecule has 4 nitrogen and oxygen atoms in total. The average Bonchev–Trinajstić information content (AvgIpc) is 2.93. The van der Waals surface area contributed by atoms with Crippen molar-refractivity contribution < 1.29 is 4.39 Å². The second-order valence-corrected chi connectivity index (χ2v) is 6.57. The second-order valence-electron chi connectivity index (χ2n) is 5.22. The Bertz CT molecular complexity index is 879. The molecular formula is C17H15ClFN3OS. The summed E-state index contributed by atoms with van der Waals surface area (Å²) in [7, 11) is 0. The lowest BCUT2D eigenvalue weighted by Gasteiger charge is -2.07. The molecule has 0 aliphatic carbocycles. The molecule has 7 heteroatoms. The fourth-order valence-corrected chi connectivity index (χ4v) is 3.57. The number of aryl methyl sites for hydroxylation is 1. The molecule has 0 radical (unpaired) electrons. The van der Waals surface area contributed by atoms with E-state index in [0.29, 0.717) is 22.5 Å². The molecule has 0 aliphatic heterocycles. The van der Waals surface area contributed by atoms with E-state index in [9.17, 15) is 9.18 Å². The lowest BCUT2D eigenvalue weighted by molar-refractivity contribution is 0.616. The van der Waals surface area contributed by atoms with E-state index in [1.165, 1.54) is 23.9 Å². The second kappa shape index (κ2) is 7.68. The number of hydrogen-bond donors (Lipinski definition) is 1. The van der Waals surface area contributed by atoms with Crippen molar-refractivity contribution in [3.63, 3.8) is 0 Å². The average molecular weight is 364 g/mol. The van der Waals surface area contributed by atoms with E-state index < -0.39 is 0 Å². The maximum absolute atomic E-state index is 13.1. The largest absolute Gasteiger partial charge is 0.343 e. The molecule has 24 heavy (non-hydrogen) atoms. The van der Waals surface area contributed by atoms with Crippen LogP contribution in [0.1, 0.15) is 11.1 Å². The Balaban J connectivity index is 1.69. The van der Waals surface area contributed by atoms with Crippen LogP contribution in [0.4, 0.5) is 4.39 Å². The third-order valence-electron chi connectivity index (χ3n) is 3.56. The number of thioether (sulfide) groups is 1. The van der Waals surface area contributed by atoms with Crippen molar-refractivity contribution in [1.29, 1.82) is 0 Å². The number of benzene rings is 2. The molecule has 0 saturated carbocycles. The summed E-state index contributed by atoms with van der Waals surface area (Å²) in [6.07, 6.45) is 0.741. The van der Waals surface area contributed by atoms with E-state index in [-0.39, 0.29) is 11.5 Å². The number of aromatic amines is 1. The summed E-state index contributed by atoms with van der Waals surface area (Å²) in [6.45, 7) is 0.541. The van der Waals surface area contributed by atoms with Gasteiger partial charge in [-0.25, -0.2) is 14.3 Å². The molecule has 2 aromatic carbocycles. The molecule has 1 aromatic heterocycles. The van der Waals surface area contributed by atoms with Crippen LogP contribution in [-0.2, 0) is 18.7 Å². The summed E-state index contributed by atoms with van der Waals surface area (Å²) in [5.41, 5.74) is 1.72. The number of H-pyrrole nitrogens is 1. The molecule has 0 aliphatic rings. The van der Waals surface area contributed by atoms with Crippen LogP contribution in [-0.4, -0.2) is 14.8 Å². The first kappa shape index (κ1) is 16.8. The molecule has 124 valence electrons. The van der Waals surface area contributed by atoms with Gasteiger partial charge in [-0.1, -0.05) is 59.8 Å². The van der Waals surface area contributed by atoms with Crippen molar-refractivity contribution in [3.8, 4) is 0 Å². The number of rotatable bonds is 6. The molecule has 0 unspecified atom stereocenters. The first-order chi connectivity index (χ1) is 11.6. The summed E-state index contributed by atoms with van der Waals surface area (Å²) in [4.78, 5) is 11.9. The topological polar surface area (TPSA) is 50.7 Å². The van der Waals surface area contributed by atoms with Gasteiger partial charge in [0.1, 0.15) is 5.82 Å². The van der Waals surface area contributed by atoms with Gasteiger partial charge >= 0.3 is 5.69 Å². The van der Waals surface area contributed by atoms with Crippen LogP contribution in [0, 0.1) is 5.82 Å². The minimum absolute atomic E-state index is 0.237. The number of aromatic nitrogens is 3. The van der Waals surface area contributed by atoms with Crippen LogP contribution >= 0.6 is 23.4 Å². The molecule has 0 saturated heterocycles. The van der Waals surface area contributed by atoms with Gasteiger partial charge in [0.15, 0.2) is 5.16 Å². The normalized spacial score (nSPS) is 10.9. The van der Waals surface area contributed by atoms with Crippen LogP contribution in [0.25, 0.3) is 0 Å². The Morgan fingerprint density at radius 2 is 2.00 bits per heavy atom. The summed E-state index contributed by atoms with van der Waals surface area (Å²) >= 11 is 7.42. The molecule has 3 rings (SSSR count). The highest BCUT2D eigenvalue weighted by atomic mass is 35.5.